The normalized spacial score (nSPS) is 18.0. The molecule has 0 atom stereocenters. The zero-order valence-electron chi connectivity index (χ0n) is 3.31. The SMILES string of the molecule is NC1=CC(N)=C1. The van der Waals surface area contributed by atoms with E-state index in [1.807, 2.05) is 0 Å². The van der Waals surface area contributed by atoms with Crippen molar-refractivity contribution in [1.82, 2.24) is 0 Å². The summed E-state index contributed by atoms with van der Waals surface area (Å²) in [6.07, 6.45) is 3.44. The van der Waals surface area contributed by atoms with E-state index >= 15 is 0 Å². The average Bonchev–Trinajstić information content (AvgIpc) is 1.33. The third kappa shape index (κ3) is 0.266. The molecule has 0 heterocycles. The molecule has 6 heavy (non-hydrogen) atoms. The molecular formula is C4H6N2. The molecule has 0 radical (unpaired) electrons. The third-order valence-electron chi connectivity index (χ3n) is 0.667. The van der Waals surface area contributed by atoms with Crippen molar-refractivity contribution in [1.29, 1.82) is 0 Å². The summed E-state index contributed by atoms with van der Waals surface area (Å²) in [4.78, 5) is 0. The second-order valence-corrected chi connectivity index (χ2v) is 1.29. The molecule has 0 aromatic carbocycles. The molecule has 32 valence electrons. The Labute approximate surface area is 36.1 Å². The molecule has 0 bridgehead atoms. The quantitative estimate of drug-likeness (QED) is 0.421. The van der Waals surface area contributed by atoms with Crippen LogP contribution in [0.3, 0.4) is 0 Å². The Balaban J connectivity index is 2.57. The summed E-state index contributed by atoms with van der Waals surface area (Å²) in [6.45, 7) is 0. The molecule has 0 saturated carbocycles. The summed E-state index contributed by atoms with van der Waals surface area (Å²) in [7, 11) is 0. The summed E-state index contributed by atoms with van der Waals surface area (Å²) >= 11 is 0. The van der Waals surface area contributed by atoms with Gasteiger partial charge in [-0.1, -0.05) is 0 Å². The minimum atomic E-state index is 0.771. The number of rotatable bonds is 0. The Morgan fingerprint density at radius 2 is 1.33 bits per heavy atom. The van der Waals surface area contributed by atoms with Crippen LogP contribution in [0.2, 0.25) is 0 Å². The lowest BCUT2D eigenvalue weighted by Crippen LogP contribution is -2.08. The number of hydrogen-bond donors (Lipinski definition) is 2. The van der Waals surface area contributed by atoms with E-state index in [9.17, 15) is 0 Å². The van der Waals surface area contributed by atoms with Gasteiger partial charge in [-0.3, -0.25) is 0 Å². The van der Waals surface area contributed by atoms with Crippen molar-refractivity contribution < 1.29 is 0 Å². The van der Waals surface area contributed by atoms with E-state index in [1.54, 1.807) is 12.2 Å². The summed E-state index contributed by atoms with van der Waals surface area (Å²) in [5.41, 5.74) is 11.9. The van der Waals surface area contributed by atoms with Gasteiger partial charge in [0, 0.05) is 11.4 Å². The largest absolute Gasteiger partial charge is 0.399 e. The van der Waals surface area contributed by atoms with Crippen molar-refractivity contribution in [2.24, 2.45) is 11.5 Å². The number of allylic oxidation sites excluding steroid dienone is 2. The van der Waals surface area contributed by atoms with Crippen molar-refractivity contribution in [3.05, 3.63) is 23.5 Å². The predicted octanol–water partition coefficient (Wildman–Crippen LogP) is -0.315. The van der Waals surface area contributed by atoms with Gasteiger partial charge in [0.15, 0.2) is 0 Å². The van der Waals surface area contributed by atoms with Crippen LogP contribution in [0.4, 0.5) is 0 Å². The molecule has 0 aromatic heterocycles. The molecule has 2 heteroatoms. The van der Waals surface area contributed by atoms with Crippen molar-refractivity contribution >= 4 is 0 Å². The van der Waals surface area contributed by atoms with Gasteiger partial charge in [-0.2, -0.15) is 0 Å². The lowest BCUT2D eigenvalue weighted by atomic mass is 10.2. The molecule has 2 nitrogen and oxygen atoms in total. The molecule has 4 N–H and O–H groups in total. The van der Waals surface area contributed by atoms with Crippen LogP contribution in [0, 0.1) is 0 Å². The van der Waals surface area contributed by atoms with Gasteiger partial charge in [0.25, 0.3) is 0 Å². The fraction of sp³-hybridized carbons (Fsp3) is 0. The highest BCUT2D eigenvalue weighted by molar-refractivity contribution is 5.39. The third-order valence-corrected chi connectivity index (χ3v) is 0.667. The molecule has 0 aromatic rings. The van der Waals surface area contributed by atoms with Crippen LogP contribution in [0.25, 0.3) is 0 Å². The van der Waals surface area contributed by atoms with Crippen LogP contribution in [-0.4, -0.2) is 0 Å². The lowest BCUT2D eigenvalue weighted by molar-refractivity contribution is 1.25. The van der Waals surface area contributed by atoms with Gasteiger partial charge in [0.1, 0.15) is 0 Å². The van der Waals surface area contributed by atoms with E-state index in [0.29, 0.717) is 0 Å². The summed E-state index contributed by atoms with van der Waals surface area (Å²) < 4.78 is 0. The maximum Gasteiger partial charge on any atom is 0.0355 e. The maximum atomic E-state index is 5.17. The number of nitrogens with two attached hydrogens (primary N) is 2. The topological polar surface area (TPSA) is 52.0 Å². The molecular weight excluding hydrogens is 76.1 g/mol. The maximum absolute atomic E-state index is 5.17. The average molecular weight is 82.1 g/mol. The van der Waals surface area contributed by atoms with Gasteiger partial charge in [0.05, 0.1) is 0 Å². The highest BCUT2D eigenvalue weighted by atomic mass is 14.7. The molecule has 0 spiro atoms. The Bertz CT molecular complexity index is 100. The van der Waals surface area contributed by atoms with Crippen LogP contribution < -0.4 is 11.5 Å². The van der Waals surface area contributed by atoms with Gasteiger partial charge >= 0.3 is 0 Å². The second kappa shape index (κ2) is 0.772. The van der Waals surface area contributed by atoms with Crippen LogP contribution in [0.5, 0.6) is 0 Å². The fourth-order valence-electron chi connectivity index (χ4n) is 0.372. The van der Waals surface area contributed by atoms with Crippen LogP contribution in [0.1, 0.15) is 0 Å². The van der Waals surface area contributed by atoms with E-state index in [1.165, 1.54) is 0 Å². The Kier molecular flexibility index (Phi) is 0.422. The minimum absolute atomic E-state index is 0.771. The highest BCUT2D eigenvalue weighted by Crippen LogP contribution is 2.04. The first-order chi connectivity index (χ1) is 2.79. The van der Waals surface area contributed by atoms with Gasteiger partial charge in [-0.15, -0.1) is 0 Å². The first-order valence-electron chi connectivity index (χ1n) is 1.73. The number of hydrogen-bond acceptors (Lipinski definition) is 2. The van der Waals surface area contributed by atoms with E-state index in [0.717, 1.165) is 11.4 Å². The standard InChI is InChI=1S/C4H6N2/c5-3-1-4(6)2-3/h1-2H,5-6H2. The van der Waals surface area contributed by atoms with E-state index in [2.05, 4.69) is 0 Å². The van der Waals surface area contributed by atoms with Crippen LogP contribution in [-0.2, 0) is 0 Å². The Morgan fingerprint density at radius 3 is 1.33 bits per heavy atom. The van der Waals surface area contributed by atoms with Crippen LogP contribution in [0.15, 0.2) is 23.5 Å². The Morgan fingerprint density at radius 1 is 1.00 bits per heavy atom. The van der Waals surface area contributed by atoms with E-state index in [4.69, 9.17) is 11.5 Å². The van der Waals surface area contributed by atoms with Crippen molar-refractivity contribution in [2.45, 2.75) is 0 Å². The zero-order valence-corrected chi connectivity index (χ0v) is 3.31. The predicted molar refractivity (Wildman–Crippen MR) is 24.5 cm³/mol. The van der Waals surface area contributed by atoms with Crippen molar-refractivity contribution in [3.63, 3.8) is 0 Å². The van der Waals surface area contributed by atoms with E-state index in [-0.39, 0.29) is 0 Å². The highest BCUT2D eigenvalue weighted by Gasteiger charge is 1.95. The fourth-order valence-corrected chi connectivity index (χ4v) is 0.372. The van der Waals surface area contributed by atoms with Crippen LogP contribution >= 0.6 is 0 Å². The smallest absolute Gasteiger partial charge is 0.0355 e. The van der Waals surface area contributed by atoms with Gasteiger partial charge in [-0.25, -0.2) is 0 Å². The molecule has 0 amide bonds. The lowest BCUT2D eigenvalue weighted by Gasteiger charge is -2.03. The summed E-state index contributed by atoms with van der Waals surface area (Å²) in [5.74, 6) is 0. The van der Waals surface area contributed by atoms with Crippen molar-refractivity contribution in [2.75, 3.05) is 0 Å². The second-order valence-electron chi connectivity index (χ2n) is 1.29. The Hall–Kier alpha value is -0.920. The first-order valence-corrected chi connectivity index (χ1v) is 1.73. The zero-order chi connectivity index (χ0) is 4.57. The first kappa shape index (κ1) is 3.28. The van der Waals surface area contributed by atoms with E-state index < -0.39 is 0 Å². The molecule has 1 aliphatic rings. The monoisotopic (exact) mass is 82.1 g/mol. The summed E-state index contributed by atoms with van der Waals surface area (Å²) in [6, 6.07) is 0. The molecule has 1 rings (SSSR count). The summed E-state index contributed by atoms with van der Waals surface area (Å²) in [5, 5.41) is 0. The minimum Gasteiger partial charge on any atom is -0.399 e. The molecule has 0 aliphatic heterocycles. The molecule has 0 fully saturated rings. The van der Waals surface area contributed by atoms with Gasteiger partial charge in [0.2, 0.25) is 0 Å². The van der Waals surface area contributed by atoms with Gasteiger partial charge < -0.3 is 11.5 Å². The van der Waals surface area contributed by atoms with Gasteiger partial charge in [-0.05, 0) is 12.2 Å². The molecule has 0 unspecified atom stereocenters. The van der Waals surface area contributed by atoms with Crippen molar-refractivity contribution in [3.8, 4) is 0 Å². The molecule has 0 saturated heterocycles. The molecule has 1 aliphatic carbocycles.